The fourth-order valence-electron chi connectivity index (χ4n) is 3.68. The highest BCUT2D eigenvalue weighted by atomic mass is 32.2. The normalized spacial score (nSPS) is 11.3. The van der Waals surface area contributed by atoms with E-state index in [1.807, 2.05) is 20.8 Å². The molecule has 0 aliphatic carbocycles. The lowest BCUT2D eigenvalue weighted by Gasteiger charge is -2.10. The molecule has 0 atom stereocenters. The van der Waals surface area contributed by atoms with Crippen LogP contribution < -0.4 is 10.0 Å². The number of sulfonamides is 1. The zero-order chi connectivity index (χ0) is 25.2. The molecule has 1 heterocycles. The Kier molecular flexibility index (Phi) is 6.70. The first-order valence-electron chi connectivity index (χ1n) is 10.9. The lowest BCUT2D eigenvalue weighted by molar-refractivity contribution is -0.115. The first kappa shape index (κ1) is 24.2. The predicted octanol–water partition coefficient (Wildman–Crippen LogP) is 4.92. The van der Waals surface area contributed by atoms with Crippen LogP contribution in [0.15, 0.2) is 77.7 Å². The molecule has 0 bridgehead atoms. The van der Waals surface area contributed by atoms with Gasteiger partial charge in [0.1, 0.15) is 5.82 Å². The van der Waals surface area contributed by atoms with Crippen molar-refractivity contribution in [2.45, 2.75) is 32.1 Å². The number of aryl methyl sites for hydroxylation is 2. The lowest BCUT2D eigenvalue weighted by Crippen LogP contribution is -2.16. The average molecular weight is 493 g/mol. The van der Waals surface area contributed by atoms with E-state index in [1.54, 1.807) is 65.3 Å². The van der Waals surface area contributed by atoms with Crippen LogP contribution in [0.3, 0.4) is 0 Å². The van der Waals surface area contributed by atoms with Crippen molar-refractivity contribution >= 4 is 27.3 Å². The Labute approximate surface area is 203 Å². The third-order valence-electron chi connectivity index (χ3n) is 5.60. The zero-order valence-electron chi connectivity index (χ0n) is 19.5. The molecule has 0 radical (unpaired) electrons. The zero-order valence-corrected chi connectivity index (χ0v) is 20.4. The quantitative estimate of drug-likeness (QED) is 0.383. The van der Waals surface area contributed by atoms with Gasteiger partial charge >= 0.3 is 0 Å². The Balaban J connectivity index is 1.42. The number of nitrogens with zero attached hydrogens (tertiary/aromatic N) is 2. The van der Waals surface area contributed by atoms with Crippen LogP contribution in [0.2, 0.25) is 0 Å². The highest BCUT2D eigenvalue weighted by Gasteiger charge is 2.17. The van der Waals surface area contributed by atoms with Gasteiger partial charge in [-0.05, 0) is 81.4 Å². The standard InChI is InChI=1S/C26H25FN4O3S/c1-17-4-14-24(15-5-17)35(33,34)30-22-10-8-21(9-11-22)28-26(32)16-25-18(2)29-31(19(25)3)23-12-6-20(27)7-13-23/h4-15,30H,16H2,1-3H3,(H,28,32). The van der Waals surface area contributed by atoms with Gasteiger partial charge in [0.25, 0.3) is 10.0 Å². The van der Waals surface area contributed by atoms with Crippen molar-refractivity contribution in [2.24, 2.45) is 0 Å². The molecule has 0 unspecified atom stereocenters. The van der Waals surface area contributed by atoms with Crippen molar-refractivity contribution < 1.29 is 17.6 Å². The Morgan fingerprint density at radius 1 is 0.886 bits per heavy atom. The summed E-state index contributed by atoms with van der Waals surface area (Å²) in [6.07, 6.45) is 0.112. The average Bonchev–Trinajstić information content (AvgIpc) is 3.09. The molecule has 1 amide bonds. The third kappa shape index (κ3) is 5.58. The largest absolute Gasteiger partial charge is 0.326 e. The summed E-state index contributed by atoms with van der Waals surface area (Å²) in [5.41, 5.74) is 4.90. The highest BCUT2D eigenvalue weighted by Crippen LogP contribution is 2.21. The minimum Gasteiger partial charge on any atom is -0.326 e. The first-order valence-corrected chi connectivity index (χ1v) is 12.4. The molecular weight excluding hydrogens is 467 g/mol. The van der Waals surface area contributed by atoms with Gasteiger partial charge in [0.05, 0.1) is 22.7 Å². The van der Waals surface area contributed by atoms with Gasteiger partial charge < -0.3 is 5.32 Å². The second-order valence-corrected chi connectivity index (χ2v) is 9.94. The Bertz CT molecular complexity index is 1460. The second kappa shape index (κ2) is 9.71. The number of anilines is 2. The maximum absolute atomic E-state index is 13.2. The summed E-state index contributed by atoms with van der Waals surface area (Å²) in [6, 6.07) is 19.0. The molecule has 0 fully saturated rings. The molecule has 180 valence electrons. The molecule has 7 nitrogen and oxygen atoms in total. The van der Waals surface area contributed by atoms with Crippen LogP contribution in [-0.4, -0.2) is 24.1 Å². The third-order valence-corrected chi connectivity index (χ3v) is 7.00. The molecule has 0 aliphatic heterocycles. The van der Waals surface area contributed by atoms with Crippen molar-refractivity contribution in [3.63, 3.8) is 0 Å². The van der Waals surface area contributed by atoms with E-state index >= 15 is 0 Å². The summed E-state index contributed by atoms with van der Waals surface area (Å²) in [4.78, 5) is 12.9. The van der Waals surface area contributed by atoms with E-state index in [0.717, 1.165) is 16.8 Å². The van der Waals surface area contributed by atoms with E-state index in [0.29, 0.717) is 22.8 Å². The van der Waals surface area contributed by atoms with Gasteiger partial charge in [0.2, 0.25) is 5.91 Å². The molecule has 4 aromatic rings. The van der Waals surface area contributed by atoms with Crippen molar-refractivity contribution in [3.05, 3.63) is 101 Å². The number of benzene rings is 3. The number of hydrogen-bond acceptors (Lipinski definition) is 4. The van der Waals surface area contributed by atoms with Crippen LogP contribution in [0.4, 0.5) is 15.8 Å². The van der Waals surface area contributed by atoms with Crippen molar-refractivity contribution in [2.75, 3.05) is 10.0 Å². The van der Waals surface area contributed by atoms with Gasteiger partial charge in [0, 0.05) is 22.6 Å². The Morgan fingerprint density at radius 3 is 2.11 bits per heavy atom. The number of halogens is 1. The van der Waals surface area contributed by atoms with Gasteiger partial charge in [0.15, 0.2) is 0 Å². The molecule has 1 aromatic heterocycles. The Morgan fingerprint density at radius 2 is 1.49 bits per heavy atom. The number of rotatable bonds is 7. The monoisotopic (exact) mass is 492 g/mol. The SMILES string of the molecule is Cc1ccc(S(=O)(=O)Nc2ccc(NC(=O)Cc3c(C)nn(-c4ccc(F)cc4)c3C)cc2)cc1. The van der Waals surface area contributed by atoms with Gasteiger partial charge in [-0.25, -0.2) is 17.5 Å². The molecule has 9 heteroatoms. The summed E-state index contributed by atoms with van der Waals surface area (Å²) in [7, 11) is -3.71. The van der Waals surface area contributed by atoms with Crippen molar-refractivity contribution in [3.8, 4) is 5.69 Å². The Hall–Kier alpha value is -3.98. The topological polar surface area (TPSA) is 93.1 Å². The number of nitrogens with one attached hydrogen (secondary N) is 2. The van der Waals surface area contributed by atoms with Gasteiger partial charge in [-0.15, -0.1) is 0 Å². The van der Waals surface area contributed by atoms with Crippen LogP contribution in [0.1, 0.15) is 22.5 Å². The summed E-state index contributed by atoms with van der Waals surface area (Å²) in [6.45, 7) is 5.57. The highest BCUT2D eigenvalue weighted by molar-refractivity contribution is 7.92. The fourth-order valence-corrected chi connectivity index (χ4v) is 4.74. The molecule has 35 heavy (non-hydrogen) atoms. The van der Waals surface area contributed by atoms with E-state index in [1.165, 1.54) is 12.1 Å². The number of carbonyl (C=O) groups excluding carboxylic acids is 1. The van der Waals surface area contributed by atoms with Gasteiger partial charge in [-0.2, -0.15) is 5.10 Å². The van der Waals surface area contributed by atoms with Crippen LogP contribution in [-0.2, 0) is 21.2 Å². The van der Waals surface area contributed by atoms with Gasteiger partial charge in [-0.3, -0.25) is 9.52 Å². The van der Waals surface area contributed by atoms with E-state index in [9.17, 15) is 17.6 Å². The summed E-state index contributed by atoms with van der Waals surface area (Å²) in [5, 5.41) is 7.32. The van der Waals surface area contributed by atoms with Crippen molar-refractivity contribution in [1.29, 1.82) is 0 Å². The maximum Gasteiger partial charge on any atom is 0.261 e. The van der Waals surface area contributed by atoms with Crippen LogP contribution in [0.5, 0.6) is 0 Å². The van der Waals surface area contributed by atoms with Crippen LogP contribution in [0.25, 0.3) is 5.69 Å². The molecule has 2 N–H and O–H groups in total. The molecule has 4 rings (SSSR count). The molecule has 3 aromatic carbocycles. The molecule has 0 aliphatic rings. The first-order chi connectivity index (χ1) is 16.6. The summed E-state index contributed by atoms with van der Waals surface area (Å²) in [5.74, 6) is -0.563. The van der Waals surface area contributed by atoms with E-state index < -0.39 is 10.0 Å². The number of amides is 1. The minimum absolute atomic E-state index is 0.112. The minimum atomic E-state index is -3.71. The number of carbonyl (C=O) groups is 1. The van der Waals surface area contributed by atoms with E-state index in [4.69, 9.17) is 0 Å². The number of aromatic nitrogens is 2. The van der Waals surface area contributed by atoms with Crippen molar-refractivity contribution in [1.82, 2.24) is 9.78 Å². The second-order valence-electron chi connectivity index (χ2n) is 8.26. The number of hydrogen-bond donors (Lipinski definition) is 2. The van der Waals surface area contributed by atoms with Crippen LogP contribution >= 0.6 is 0 Å². The predicted molar refractivity (Wildman–Crippen MR) is 134 cm³/mol. The van der Waals surface area contributed by atoms with E-state index in [-0.39, 0.29) is 23.0 Å². The van der Waals surface area contributed by atoms with Crippen LogP contribution in [0, 0.1) is 26.6 Å². The van der Waals surface area contributed by atoms with E-state index in [2.05, 4.69) is 15.1 Å². The van der Waals surface area contributed by atoms with Gasteiger partial charge in [-0.1, -0.05) is 17.7 Å². The summed E-state index contributed by atoms with van der Waals surface area (Å²) < 4.78 is 42.6. The lowest BCUT2D eigenvalue weighted by atomic mass is 10.1. The maximum atomic E-state index is 13.2. The smallest absolute Gasteiger partial charge is 0.261 e. The molecule has 0 saturated heterocycles. The molecular formula is C26H25FN4O3S. The molecule has 0 spiro atoms. The fraction of sp³-hybridized carbons (Fsp3) is 0.154. The molecule has 0 saturated carbocycles. The summed E-state index contributed by atoms with van der Waals surface area (Å²) >= 11 is 0.